The van der Waals surface area contributed by atoms with Crippen molar-refractivity contribution in [1.29, 1.82) is 0 Å². The molecular weight excluding hydrogens is 333 g/mol. The Kier molecular flexibility index (Phi) is 4.80. The monoisotopic (exact) mass is 345 g/mol. The zero-order valence-electron chi connectivity index (χ0n) is 12.3. The first-order valence-electron chi connectivity index (χ1n) is 6.99. The van der Waals surface area contributed by atoms with Crippen molar-refractivity contribution in [2.24, 2.45) is 4.99 Å². The average Bonchev–Trinajstić information content (AvgIpc) is 2.90. The van der Waals surface area contributed by atoms with Crippen LogP contribution in [0.4, 0.5) is 16.0 Å². The van der Waals surface area contributed by atoms with Gasteiger partial charge in [0.25, 0.3) is 5.95 Å². The van der Waals surface area contributed by atoms with E-state index in [-0.39, 0.29) is 30.0 Å². The molecule has 1 atom stereocenters. The fourth-order valence-electron chi connectivity index (χ4n) is 1.95. The average molecular weight is 345 g/mol. The van der Waals surface area contributed by atoms with Crippen molar-refractivity contribution >= 4 is 40.4 Å². The van der Waals surface area contributed by atoms with E-state index in [1.165, 1.54) is 24.3 Å². The zero-order valence-corrected chi connectivity index (χ0v) is 13.1. The van der Waals surface area contributed by atoms with E-state index >= 15 is 0 Å². The van der Waals surface area contributed by atoms with E-state index in [2.05, 4.69) is 25.6 Å². The first-order valence-corrected chi connectivity index (χ1v) is 7.87. The van der Waals surface area contributed by atoms with Crippen molar-refractivity contribution in [2.45, 2.75) is 11.7 Å². The molecule has 1 aromatic carbocycles. The Morgan fingerprint density at radius 1 is 1.29 bits per heavy atom. The smallest absolute Gasteiger partial charge is 0.251 e. The number of nitrogens with one attached hydrogen (secondary N) is 2. The second-order valence-corrected chi connectivity index (χ2v) is 6.01. The van der Waals surface area contributed by atoms with E-state index in [1.807, 2.05) is 0 Å². The number of carbonyl (C=O) groups is 2. The summed E-state index contributed by atoms with van der Waals surface area (Å²) < 4.78 is 12.8. The second-order valence-electron chi connectivity index (χ2n) is 4.82. The zero-order chi connectivity index (χ0) is 16.9. The Morgan fingerprint density at radius 3 is 2.71 bits per heavy atom. The second kappa shape index (κ2) is 7.18. The largest absolute Gasteiger partial charge is 0.326 e. The summed E-state index contributed by atoms with van der Waals surface area (Å²) in [6, 6.07) is 7.06. The van der Waals surface area contributed by atoms with Crippen LogP contribution in [0.5, 0.6) is 0 Å². The molecule has 2 N–H and O–H groups in total. The molecule has 0 radical (unpaired) electrons. The number of benzene rings is 1. The summed E-state index contributed by atoms with van der Waals surface area (Å²) in [4.78, 5) is 35.9. The van der Waals surface area contributed by atoms with Crippen LogP contribution in [0.15, 0.2) is 47.7 Å². The summed E-state index contributed by atoms with van der Waals surface area (Å²) in [7, 11) is 0. The minimum absolute atomic E-state index is 0.0253. The van der Waals surface area contributed by atoms with Crippen LogP contribution >= 0.6 is 11.8 Å². The maximum absolute atomic E-state index is 12.8. The molecule has 7 nitrogen and oxygen atoms in total. The van der Waals surface area contributed by atoms with E-state index in [9.17, 15) is 14.0 Å². The molecule has 1 saturated heterocycles. The summed E-state index contributed by atoms with van der Waals surface area (Å²) >= 11 is 1.14. The first kappa shape index (κ1) is 16.1. The highest BCUT2D eigenvalue weighted by molar-refractivity contribution is 8.15. The fraction of sp³-hybridized carbons (Fsp3) is 0.133. The molecule has 0 spiro atoms. The van der Waals surface area contributed by atoms with Gasteiger partial charge >= 0.3 is 0 Å². The van der Waals surface area contributed by atoms with Crippen molar-refractivity contribution in [3.05, 3.63) is 48.5 Å². The van der Waals surface area contributed by atoms with Crippen LogP contribution in [-0.4, -0.2) is 32.2 Å². The molecule has 3 rings (SSSR count). The van der Waals surface area contributed by atoms with Gasteiger partial charge in [-0.25, -0.2) is 14.4 Å². The molecular formula is C15H12FN5O2S. The van der Waals surface area contributed by atoms with Crippen LogP contribution < -0.4 is 10.6 Å². The van der Waals surface area contributed by atoms with E-state index in [0.717, 1.165) is 11.8 Å². The van der Waals surface area contributed by atoms with Gasteiger partial charge in [0.2, 0.25) is 11.8 Å². The van der Waals surface area contributed by atoms with Crippen LogP contribution in [0.1, 0.15) is 6.42 Å². The number of carbonyl (C=O) groups excluding carboxylic acids is 2. The minimum atomic E-state index is -0.590. The third kappa shape index (κ3) is 4.13. The number of anilines is 1. The summed E-state index contributed by atoms with van der Waals surface area (Å²) in [5, 5.41) is 4.97. The number of thioether (sulfide) groups is 1. The Labute approximate surface area is 140 Å². The molecule has 2 aromatic rings. The van der Waals surface area contributed by atoms with Crippen LogP contribution in [0.2, 0.25) is 0 Å². The summed E-state index contributed by atoms with van der Waals surface area (Å²) in [5.41, 5.74) is 0.469. The number of halogens is 1. The quantitative estimate of drug-likeness (QED) is 0.882. The topological polar surface area (TPSA) is 96.3 Å². The number of aromatic nitrogens is 2. The Hall–Kier alpha value is -2.81. The molecule has 1 aliphatic rings. The maximum atomic E-state index is 12.8. The maximum Gasteiger partial charge on any atom is 0.251 e. The predicted molar refractivity (Wildman–Crippen MR) is 88.3 cm³/mol. The molecule has 2 amide bonds. The van der Waals surface area contributed by atoms with Crippen molar-refractivity contribution in [3.63, 3.8) is 0 Å². The van der Waals surface area contributed by atoms with Gasteiger partial charge in [-0.1, -0.05) is 11.8 Å². The van der Waals surface area contributed by atoms with Crippen LogP contribution in [0.3, 0.4) is 0 Å². The molecule has 1 unspecified atom stereocenters. The molecule has 24 heavy (non-hydrogen) atoms. The Morgan fingerprint density at radius 2 is 2.00 bits per heavy atom. The van der Waals surface area contributed by atoms with Gasteiger partial charge in [0.1, 0.15) is 11.1 Å². The summed E-state index contributed by atoms with van der Waals surface area (Å²) in [5.74, 6) is -0.796. The molecule has 122 valence electrons. The third-order valence-corrected chi connectivity index (χ3v) is 4.11. The molecule has 1 fully saturated rings. The molecule has 9 heteroatoms. The molecule has 0 aliphatic carbocycles. The third-order valence-electron chi connectivity index (χ3n) is 3.03. The molecule has 0 bridgehead atoms. The Bertz CT molecular complexity index is 782. The highest BCUT2D eigenvalue weighted by Crippen LogP contribution is 2.24. The molecule has 1 aliphatic heterocycles. The number of nitrogens with zero attached hydrogens (tertiary/aromatic N) is 3. The summed E-state index contributed by atoms with van der Waals surface area (Å²) in [6.45, 7) is 0. The van der Waals surface area contributed by atoms with Crippen LogP contribution in [0.25, 0.3) is 0 Å². The number of rotatable bonds is 4. The van der Waals surface area contributed by atoms with Crippen molar-refractivity contribution in [3.8, 4) is 0 Å². The van der Waals surface area contributed by atoms with E-state index in [1.54, 1.807) is 18.5 Å². The van der Waals surface area contributed by atoms with Crippen molar-refractivity contribution in [1.82, 2.24) is 15.3 Å². The van der Waals surface area contributed by atoms with Gasteiger partial charge < -0.3 is 10.6 Å². The number of hydrogen-bond donors (Lipinski definition) is 2. The normalized spacial score (nSPS) is 18.5. The number of aliphatic imine (C=N–C) groups is 1. The van der Waals surface area contributed by atoms with Gasteiger partial charge in [-0.2, -0.15) is 4.99 Å². The highest BCUT2D eigenvalue weighted by Gasteiger charge is 2.32. The predicted octanol–water partition coefficient (Wildman–Crippen LogP) is 1.86. The number of amidine groups is 1. The lowest BCUT2D eigenvalue weighted by atomic mass is 10.2. The van der Waals surface area contributed by atoms with E-state index in [4.69, 9.17) is 0 Å². The van der Waals surface area contributed by atoms with E-state index < -0.39 is 5.25 Å². The highest BCUT2D eigenvalue weighted by atomic mass is 32.2. The SMILES string of the molecule is O=C(CC1S/C(=N\c2ncccn2)NC1=O)Nc1ccc(F)cc1. The van der Waals surface area contributed by atoms with Gasteiger partial charge in [0.15, 0.2) is 5.17 Å². The lowest BCUT2D eigenvalue weighted by Crippen LogP contribution is -2.28. The first-order chi connectivity index (χ1) is 11.6. The van der Waals surface area contributed by atoms with Gasteiger partial charge in [0, 0.05) is 24.5 Å². The summed E-state index contributed by atoms with van der Waals surface area (Å²) in [6.07, 6.45) is 3.06. The lowest BCUT2D eigenvalue weighted by Gasteiger charge is -2.07. The molecule has 2 heterocycles. The van der Waals surface area contributed by atoms with Gasteiger partial charge in [-0.3, -0.25) is 9.59 Å². The van der Waals surface area contributed by atoms with Gasteiger partial charge in [-0.15, -0.1) is 0 Å². The van der Waals surface area contributed by atoms with Gasteiger partial charge in [0.05, 0.1) is 0 Å². The van der Waals surface area contributed by atoms with Crippen LogP contribution in [0, 0.1) is 5.82 Å². The van der Waals surface area contributed by atoms with Crippen LogP contribution in [-0.2, 0) is 9.59 Å². The standard InChI is InChI=1S/C15H12FN5O2S/c16-9-2-4-10(5-3-9)19-12(22)8-11-13(23)20-15(24-11)21-14-17-6-1-7-18-14/h1-7,11H,8H2,(H,19,22)(H,17,18,20,21,23). The lowest BCUT2D eigenvalue weighted by molar-refractivity contribution is -0.122. The minimum Gasteiger partial charge on any atom is -0.326 e. The van der Waals surface area contributed by atoms with Crippen molar-refractivity contribution < 1.29 is 14.0 Å². The molecule has 0 saturated carbocycles. The van der Waals surface area contributed by atoms with Gasteiger partial charge in [-0.05, 0) is 30.3 Å². The Balaban J connectivity index is 1.59. The number of hydrogen-bond acceptors (Lipinski definition) is 6. The van der Waals surface area contributed by atoms with Crippen molar-refractivity contribution in [2.75, 3.05) is 5.32 Å². The van der Waals surface area contributed by atoms with E-state index in [0.29, 0.717) is 10.9 Å². The fourth-order valence-corrected chi connectivity index (χ4v) is 2.91. The number of amides is 2. The molecule has 1 aromatic heterocycles.